The van der Waals surface area contributed by atoms with Crippen LogP contribution in [0, 0.1) is 5.92 Å². The number of rotatable bonds is 4. The van der Waals surface area contributed by atoms with Gasteiger partial charge in [-0.1, -0.05) is 6.42 Å². The summed E-state index contributed by atoms with van der Waals surface area (Å²) in [4.78, 5) is 0. The van der Waals surface area contributed by atoms with Crippen molar-refractivity contribution < 1.29 is 8.42 Å². The highest BCUT2D eigenvalue weighted by molar-refractivity contribution is 9.11. The molecule has 2 rings (SSSR count). The number of halogens is 2. The van der Waals surface area contributed by atoms with E-state index in [2.05, 4.69) is 20.7 Å². The van der Waals surface area contributed by atoms with Gasteiger partial charge in [0.1, 0.15) is 4.21 Å². The molecule has 1 aliphatic carbocycles. The number of nitrogens with one attached hydrogen (secondary N) is 1. The van der Waals surface area contributed by atoms with Crippen LogP contribution in [0.3, 0.4) is 0 Å². The number of alkyl halides is 1. The standard InChI is InChI=1S/C10H13BrClNO2S2/c11-9-4-5-10(16-9)17(14,15)13-6-7-2-1-3-8(7)12/h4-5,7-8,13H,1-3,6H2. The molecule has 1 fully saturated rings. The van der Waals surface area contributed by atoms with Crippen LogP contribution in [0.2, 0.25) is 0 Å². The van der Waals surface area contributed by atoms with Gasteiger partial charge in [-0.2, -0.15) is 0 Å². The quantitative estimate of drug-likeness (QED) is 0.840. The normalized spacial score (nSPS) is 25.3. The lowest BCUT2D eigenvalue weighted by Crippen LogP contribution is -2.30. The molecule has 7 heteroatoms. The summed E-state index contributed by atoms with van der Waals surface area (Å²) in [5.41, 5.74) is 0. The topological polar surface area (TPSA) is 46.2 Å². The average Bonchev–Trinajstić information content (AvgIpc) is 2.85. The van der Waals surface area contributed by atoms with Gasteiger partial charge in [0.2, 0.25) is 10.0 Å². The molecule has 0 spiro atoms. The van der Waals surface area contributed by atoms with Crippen LogP contribution >= 0.6 is 38.9 Å². The molecule has 1 N–H and O–H groups in total. The van der Waals surface area contributed by atoms with Crippen LogP contribution in [0.15, 0.2) is 20.1 Å². The monoisotopic (exact) mass is 357 g/mol. The van der Waals surface area contributed by atoms with E-state index in [4.69, 9.17) is 11.6 Å². The molecular weight excluding hydrogens is 346 g/mol. The first kappa shape index (κ1) is 13.8. The Labute approximate surface area is 119 Å². The van der Waals surface area contributed by atoms with Crippen molar-refractivity contribution in [3.05, 3.63) is 15.9 Å². The maximum absolute atomic E-state index is 11.9. The van der Waals surface area contributed by atoms with Gasteiger partial charge in [-0.25, -0.2) is 13.1 Å². The van der Waals surface area contributed by atoms with E-state index in [1.807, 2.05) is 0 Å². The van der Waals surface area contributed by atoms with E-state index in [1.54, 1.807) is 12.1 Å². The summed E-state index contributed by atoms with van der Waals surface area (Å²) in [6.45, 7) is 0.437. The minimum Gasteiger partial charge on any atom is -0.210 e. The second-order valence-corrected chi connectivity index (χ2v) is 9.13. The van der Waals surface area contributed by atoms with Crippen LogP contribution < -0.4 is 4.72 Å². The SMILES string of the molecule is O=S(=O)(NCC1CCCC1Cl)c1ccc(Br)s1. The van der Waals surface area contributed by atoms with Crippen molar-refractivity contribution in [1.82, 2.24) is 4.72 Å². The molecule has 0 radical (unpaired) electrons. The fourth-order valence-corrected chi connectivity index (χ4v) is 5.47. The number of sulfonamides is 1. The van der Waals surface area contributed by atoms with E-state index in [9.17, 15) is 8.42 Å². The molecule has 96 valence electrons. The summed E-state index contributed by atoms with van der Waals surface area (Å²) in [5, 5.41) is 0.104. The lowest BCUT2D eigenvalue weighted by atomic mass is 10.1. The minimum atomic E-state index is -3.37. The van der Waals surface area contributed by atoms with Gasteiger partial charge in [-0.3, -0.25) is 0 Å². The van der Waals surface area contributed by atoms with E-state index < -0.39 is 10.0 Å². The molecule has 2 unspecified atom stereocenters. The third-order valence-electron chi connectivity index (χ3n) is 2.92. The molecule has 1 aromatic heterocycles. The zero-order valence-corrected chi connectivity index (χ0v) is 13.0. The van der Waals surface area contributed by atoms with Crippen molar-refractivity contribution in [3.8, 4) is 0 Å². The molecule has 2 atom stereocenters. The lowest BCUT2D eigenvalue weighted by Gasteiger charge is -2.13. The first-order chi connectivity index (χ1) is 7.99. The lowest BCUT2D eigenvalue weighted by molar-refractivity contribution is 0.524. The van der Waals surface area contributed by atoms with E-state index >= 15 is 0 Å². The molecule has 17 heavy (non-hydrogen) atoms. The summed E-state index contributed by atoms with van der Waals surface area (Å²) >= 11 is 10.6. The third kappa shape index (κ3) is 3.44. The maximum atomic E-state index is 11.9. The van der Waals surface area contributed by atoms with Gasteiger partial charge in [0.15, 0.2) is 0 Å². The third-order valence-corrected chi connectivity index (χ3v) is 7.03. The van der Waals surface area contributed by atoms with Gasteiger partial charge < -0.3 is 0 Å². The fraction of sp³-hybridized carbons (Fsp3) is 0.600. The summed E-state index contributed by atoms with van der Waals surface area (Å²) in [7, 11) is -3.37. The molecule has 1 saturated carbocycles. The summed E-state index contributed by atoms with van der Waals surface area (Å²) < 4.78 is 27.7. The van der Waals surface area contributed by atoms with Gasteiger partial charge in [0, 0.05) is 11.9 Å². The molecule has 0 amide bonds. The largest absolute Gasteiger partial charge is 0.250 e. The van der Waals surface area contributed by atoms with Crippen LogP contribution in [0.5, 0.6) is 0 Å². The Morgan fingerprint density at radius 1 is 1.47 bits per heavy atom. The van der Waals surface area contributed by atoms with Crippen LogP contribution in [-0.4, -0.2) is 20.3 Å². The molecular formula is C10H13BrClNO2S2. The van der Waals surface area contributed by atoms with Crippen molar-refractivity contribution in [3.63, 3.8) is 0 Å². The first-order valence-electron chi connectivity index (χ1n) is 5.38. The van der Waals surface area contributed by atoms with E-state index in [-0.39, 0.29) is 11.3 Å². The van der Waals surface area contributed by atoms with Crippen LogP contribution in [0.4, 0.5) is 0 Å². The predicted molar refractivity (Wildman–Crippen MR) is 74.2 cm³/mol. The van der Waals surface area contributed by atoms with Gasteiger partial charge in [0.25, 0.3) is 0 Å². The number of hydrogen-bond donors (Lipinski definition) is 1. The molecule has 0 aliphatic heterocycles. The average molecular weight is 359 g/mol. The molecule has 0 bridgehead atoms. The molecule has 1 heterocycles. The van der Waals surface area contributed by atoms with Crippen LogP contribution in [0.25, 0.3) is 0 Å². The molecule has 0 aromatic carbocycles. The zero-order valence-electron chi connectivity index (χ0n) is 9.03. The van der Waals surface area contributed by atoms with Gasteiger partial charge in [-0.15, -0.1) is 22.9 Å². The van der Waals surface area contributed by atoms with Crippen LogP contribution in [0.1, 0.15) is 19.3 Å². The highest BCUT2D eigenvalue weighted by Crippen LogP contribution is 2.30. The van der Waals surface area contributed by atoms with Crippen LogP contribution in [-0.2, 0) is 10.0 Å². The second kappa shape index (κ2) is 5.57. The van der Waals surface area contributed by atoms with Gasteiger partial charge in [0.05, 0.1) is 3.79 Å². The van der Waals surface area contributed by atoms with Crippen molar-refractivity contribution in [2.75, 3.05) is 6.54 Å². The van der Waals surface area contributed by atoms with Gasteiger partial charge in [-0.05, 0) is 46.8 Å². The van der Waals surface area contributed by atoms with Crippen molar-refractivity contribution >= 4 is 48.9 Å². The van der Waals surface area contributed by atoms with Gasteiger partial charge >= 0.3 is 0 Å². The zero-order chi connectivity index (χ0) is 12.5. The maximum Gasteiger partial charge on any atom is 0.250 e. The predicted octanol–water partition coefficient (Wildman–Crippen LogP) is 3.20. The highest BCUT2D eigenvalue weighted by Gasteiger charge is 2.27. The molecule has 0 saturated heterocycles. The Bertz CT molecular complexity index is 488. The second-order valence-electron chi connectivity index (χ2n) is 4.12. The van der Waals surface area contributed by atoms with E-state index in [0.717, 1.165) is 23.0 Å². The molecule has 3 nitrogen and oxygen atoms in total. The highest BCUT2D eigenvalue weighted by atomic mass is 79.9. The van der Waals surface area contributed by atoms with Crippen molar-refractivity contribution in [2.24, 2.45) is 5.92 Å². The molecule has 1 aliphatic rings. The van der Waals surface area contributed by atoms with E-state index in [0.29, 0.717) is 10.8 Å². The minimum absolute atomic E-state index is 0.104. The first-order valence-corrected chi connectivity index (χ1v) is 8.91. The molecule has 1 aromatic rings. The van der Waals surface area contributed by atoms with Crippen molar-refractivity contribution in [1.29, 1.82) is 0 Å². The Hall–Kier alpha value is 0.380. The Morgan fingerprint density at radius 3 is 2.76 bits per heavy atom. The number of hydrogen-bond acceptors (Lipinski definition) is 3. The summed E-state index contributed by atoms with van der Waals surface area (Å²) in [6, 6.07) is 3.34. The summed E-state index contributed by atoms with van der Waals surface area (Å²) in [5.74, 6) is 0.259. The Morgan fingerprint density at radius 2 is 2.24 bits per heavy atom. The smallest absolute Gasteiger partial charge is 0.210 e. The number of thiophene rings is 1. The van der Waals surface area contributed by atoms with Crippen molar-refractivity contribution in [2.45, 2.75) is 28.8 Å². The Kier molecular flexibility index (Phi) is 4.52. The van der Waals surface area contributed by atoms with E-state index in [1.165, 1.54) is 11.3 Å². The Balaban J connectivity index is 1.98. The fourth-order valence-electron chi connectivity index (χ4n) is 1.95. The summed E-state index contributed by atoms with van der Waals surface area (Å²) in [6.07, 6.45) is 3.08.